The number of carbonyl (C=O) groups excluding carboxylic acids is 1. The molecule has 4 rings (SSSR count). The summed E-state index contributed by atoms with van der Waals surface area (Å²) in [6.07, 6.45) is 6.96. The SMILES string of the molecule is CC(C)(C)C[C@@](C)(C(=O)COC12C[C@@H]3CC4CC(O)(C1)CC43C2)C(C)(C)C. The first-order chi connectivity index (χ1) is 12.1. The maximum absolute atomic E-state index is 13.5. The first-order valence-electron chi connectivity index (χ1n) is 11.0. The van der Waals surface area contributed by atoms with E-state index in [-0.39, 0.29) is 28.8 Å². The fourth-order valence-corrected chi connectivity index (χ4v) is 7.71. The molecule has 0 aliphatic heterocycles. The van der Waals surface area contributed by atoms with Crippen LogP contribution < -0.4 is 0 Å². The Bertz CT molecular complexity index is 652. The maximum atomic E-state index is 13.5. The molecule has 27 heavy (non-hydrogen) atoms. The van der Waals surface area contributed by atoms with Crippen LogP contribution in [0.3, 0.4) is 0 Å². The van der Waals surface area contributed by atoms with Crippen LogP contribution >= 0.6 is 0 Å². The van der Waals surface area contributed by atoms with Gasteiger partial charge in [-0.3, -0.25) is 4.79 Å². The summed E-state index contributed by atoms with van der Waals surface area (Å²) in [6, 6.07) is 0. The van der Waals surface area contributed by atoms with Crippen molar-refractivity contribution in [1.29, 1.82) is 0 Å². The molecule has 4 saturated carbocycles. The molecule has 0 aromatic carbocycles. The molecule has 0 aromatic heterocycles. The number of ketones is 1. The molecule has 154 valence electrons. The quantitative estimate of drug-likeness (QED) is 0.722. The molecule has 3 bridgehead atoms. The highest BCUT2D eigenvalue weighted by Crippen LogP contribution is 2.78. The molecule has 0 aromatic rings. The van der Waals surface area contributed by atoms with Gasteiger partial charge in [0, 0.05) is 11.8 Å². The van der Waals surface area contributed by atoms with E-state index in [9.17, 15) is 9.90 Å². The van der Waals surface area contributed by atoms with E-state index in [1.807, 2.05) is 0 Å². The van der Waals surface area contributed by atoms with Gasteiger partial charge in [0.15, 0.2) is 5.78 Å². The minimum absolute atomic E-state index is 0.0910. The second-order valence-electron chi connectivity index (χ2n) is 13.2. The summed E-state index contributed by atoms with van der Waals surface area (Å²) in [6.45, 7) is 15.5. The van der Waals surface area contributed by atoms with Crippen LogP contribution in [-0.2, 0) is 9.53 Å². The zero-order valence-electron chi connectivity index (χ0n) is 18.6. The van der Waals surface area contributed by atoms with Gasteiger partial charge in [-0.1, -0.05) is 48.5 Å². The van der Waals surface area contributed by atoms with Gasteiger partial charge in [0.05, 0.1) is 11.2 Å². The first kappa shape index (κ1) is 19.9. The zero-order valence-corrected chi connectivity index (χ0v) is 18.6. The lowest BCUT2D eigenvalue weighted by Crippen LogP contribution is -2.49. The lowest BCUT2D eigenvalue weighted by Gasteiger charge is -2.49. The number of Topliss-reactive ketones (excluding diaryl/α,β-unsaturated/α-hetero) is 1. The molecule has 4 unspecified atom stereocenters. The van der Waals surface area contributed by atoms with Gasteiger partial charge in [-0.15, -0.1) is 0 Å². The van der Waals surface area contributed by atoms with Gasteiger partial charge in [0.2, 0.25) is 0 Å². The van der Waals surface area contributed by atoms with Crippen molar-refractivity contribution in [2.75, 3.05) is 6.61 Å². The third-order valence-electron chi connectivity index (χ3n) is 9.06. The van der Waals surface area contributed by atoms with E-state index in [1.165, 1.54) is 6.42 Å². The minimum atomic E-state index is -0.532. The van der Waals surface area contributed by atoms with E-state index >= 15 is 0 Å². The zero-order chi connectivity index (χ0) is 20.1. The Balaban J connectivity index is 1.51. The van der Waals surface area contributed by atoms with Gasteiger partial charge < -0.3 is 9.84 Å². The molecular formula is C24H40O3. The second kappa shape index (κ2) is 5.39. The van der Waals surface area contributed by atoms with Crippen molar-refractivity contribution in [1.82, 2.24) is 0 Å². The van der Waals surface area contributed by atoms with Crippen LogP contribution in [0.2, 0.25) is 0 Å². The van der Waals surface area contributed by atoms with Crippen molar-refractivity contribution in [3.8, 4) is 0 Å². The predicted molar refractivity (Wildman–Crippen MR) is 107 cm³/mol. The van der Waals surface area contributed by atoms with Gasteiger partial charge in [0.25, 0.3) is 0 Å². The van der Waals surface area contributed by atoms with Gasteiger partial charge in [-0.25, -0.2) is 0 Å². The number of rotatable bonds is 5. The number of hydrogen-bond acceptors (Lipinski definition) is 3. The van der Waals surface area contributed by atoms with Crippen molar-refractivity contribution < 1.29 is 14.6 Å². The number of hydrogen-bond donors (Lipinski definition) is 1. The normalized spacial score (nSPS) is 44.7. The van der Waals surface area contributed by atoms with Crippen LogP contribution in [0.4, 0.5) is 0 Å². The van der Waals surface area contributed by atoms with Crippen molar-refractivity contribution in [3.05, 3.63) is 0 Å². The van der Waals surface area contributed by atoms with Gasteiger partial charge in [-0.05, 0) is 66.6 Å². The van der Waals surface area contributed by atoms with Crippen LogP contribution in [0.15, 0.2) is 0 Å². The summed E-state index contributed by atoms with van der Waals surface area (Å²) in [4.78, 5) is 13.5. The average Bonchev–Trinajstić information content (AvgIpc) is 2.75. The molecule has 6 atom stereocenters. The predicted octanol–water partition coefficient (Wildman–Crippen LogP) is 5.14. The van der Waals surface area contributed by atoms with Gasteiger partial charge >= 0.3 is 0 Å². The van der Waals surface area contributed by atoms with E-state index in [1.54, 1.807) is 0 Å². The fraction of sp³-hybridized carbons (Fsp3) is 0.958. The van der Waals surface area contributed by atoms with E-state index in [0.29, 0.717) is 11.3 Å². The maximum Gasteiger partial charge on any atom is 0.164 e. The Hall–Kier alpha value is -0.410. The molecule has 0 saturated heterocycles. The van der Waals surface area contributed by atoms with E-state index in [2.05, 4.69) is 48.5 Å². The fourth-order valence-electron chi connectivity index (χ4n) is 7.71. The third-order valence-corrected chi connectivity index (χ3v) is 9.06. The number of carbonyl (C=O) groups is 1. The van der Waals surface area contributed by atoms with Crippen molar-refractivity contribution in [3.63, 3.8) is 0 Å². The topological polar surface area (TPSA) is 46.5 Å². The molecule has 1 N–H and O–H groups in total. The summed E-state index contributed by atoms with van der Waals surface area (Å²) in [5.41, 5.74) is -0.872. The minimum Gasteiger partial charge on any atom is -0.390 e. The smallest absolute Gasteiger partial charge is 0.164 e. The molecule has 4 fully saturated rings. The molecule has 4 aliphatic carbocycles. The van der Waals surface area contributed by atoms with Crippen molar-refractivity contribution in [2.45, 2.75) is 105 Å². The molecule has 1 spiro atoms. The number of ether oxygens (including phenoxy) is 1. The summed E-state index contributed by atoms with van der Waals surface area (Å²) in [5, 5.41) is 11.1. The average molecular weight is 377 g/mol. The Morgan fingerprint density at radius 3 is 2.22 bits per heavy atom. The molecular weight excluding hydrogens is 336 g/mol. The van der Waals surface area contributed by atoms with Crippen LogP contribution in [0, 0.1) is 33.5 Å². The lowest BCUT2D eigenvalue weighted by molar-refractivity contribution is -0.158. The van der Waals surface area contributed by atoms with Crippen molar-refractivity contribution in [2.24, 2.45) is 33.5 Å². The summed E-state index contributed by atoms with van der Waals surface area (Å²) in [5.74, 6) is 1.66. The van der Waals surface area contributed by atoms with Crippen LogP contribution in [0.5, 0.6) is 0 Å². The lowest BCUT2D eigenvalue weighted by atomic mass is 9.56. The number of fused-ring (bicyclic) bond motifs is 2. The monoisotopic (exact) mass is 376 g/mol. The number of aliphatic hydroxyl groups is 1. The standard InChI is InChI=1S/C24H40O3/c1-19(2,3)12-21(7,20(4,5)6)18(25)11-27-23-10-17-8-16-9-22(26,13-23)14-24(16,17)15-23/h16-17,26H,8-15H2,1-7H3/t16?,17-,21-,22?,23?,24?/m0/s1. The Kier molecular flexibility index (Phi) is 3.97. The second-order valence-corrected chi connectivity index (χ2v) is 13.2. The Morgan fingerprint density at radius 2 is 1.63 bits per heavy atom. The first-order valence-corrected chi connectivity index (χ1v) is 11.0. The Labute approximate surface area is 165 Å². The molecule has 0 radical (unpaired) electrons. The van der Waals surface area contributed by atoms with E-state index < -0.39 is 11.0 Å². The van der Waals surface area contributed by atoms with Gasteiger partial charge in [-0.2, -0.15) is 0 Å². The van der Waals surface area contributed by atoms with E-state index in [0.717, 1.165) is 44.4 Å². The van der Waals surface area contributed by atoms with Crippen molar-refractivity contribution >= 4 is 5.78 Å². The van der Waals surface area contributed by atoms with Gasteiger partial charge in [0.1, 0.15) is 6.61 Å². The largest absolute Gasteiger partial charge is 0.390 e. The summed E-state index contributed by atoms with van der Waals surface area (Å²) < 4.78 is 6.51. The highest BCUT2D eigenvalue weighted by atomic mass is 16.5. The summed E-state index contributed by atoms with van der Waals surface area (Å²) >= 11 is 0. The molecule has 3 heteroatoms. The van der Waals surface area contributed by atoms with Crippen LogP contribution in [0.25, 0.3) is 0 Å². The molecule has 4 aliphatic rings. The highest BCUT2D eigenvalue weighted by molar-refractivity contribution is 5.86. The summed E-state index contributed by atoms with van der Waals surface area (Å²) in [7, 11) is 0. The third kappa shape index (κ3) is 2.86. The Morgan fingerprint density at radius 1 is 1.00 bits per heavy atom. The molecule has 0 amide bonds. The van der Waals surface area contributed by atoms with Crippen LogP contribution in [0.1, 0.15) is 93.4 Å². The van der Waals surface area contributed by atoms with Crippen LogP contribution in [-0.4, -0.2) is 28.7 Å². The molecule has 0 heterocycles. The molecule has 3 nitrogen and oxygen atoms in total. The highest BCUT2D eigenvalue weighted by Gasteiger charge is 2.75. The van der Waals surface area contributed by atoms with E-state index in [4.69, 9.17) is 4.74 Å².